The van der Waals surface area contributed by atoms with E-state index in [1.807, 2.05) is 12.3 Å². The molecule has 1 rings (SSSR count). The molecule has 1 aromatic rings. The van der Waals surface area contributed by atoms with Crippen molar-refractivity contribution < 1.29 is 0 Å². The summed E-state index contributed by atoms with van der Waals surface area (Å²) in [6.45, 7) is 0. The van der Waals surface area contributed by atoms with Crippen molar-refractivity contribution in [2.75, 3.05) is 11.7 Å². The van der Waals surface area contributed by atoms with Crippen LogP contribution in [0.5, 0.6) is 0 Å². The Kier molecular flexibility index (Phi) is 2.47. The second kappa shape index (κ2) is 3.38. The van der Waals surface area contributed by atoms with Gasteiger partial charge in [0.05, 0.1) is 0 Å². The van der Waals surface area contributed by atoms with E-state index >= 15 is 0 Å². The van der Waals surface area contributed by atoms with Crippen LogP contribution in [0.25, 0.3) is 0 Å². The van der Waals surface area contributed by atoms with Crippen LogP contribution in [0.1, 0.15) is 0 Å². The second-order valence-electron chi connectivity index (χ2n) is 1.61. The number of nitrogen functional groups attached to an aromatic ring is 1. The Morgan fingerprint density at radius 1 is 1.50 bits per heavy atom. The molecule has 0 aliphatic carbocycles. The van der Waals surface area contributed by atoms with Gasteiger partial charge in [-0.1, -0.05) is 0 Å². The SMILES string of the molecule is CSc1ccc(NN)nn1. The average Bonchev–Trinajstić information content (AvgIpc) is 2.05. The number of rotatable bonds is 2. The fraction of sp³-hybridized carbons (Fsp3) is 0.200. The first kappa shape index (κ1) is 7.30. The quantitative estimate of drug-likeness (QED) is 0.370. The lowest BCUT2D eigenvalue weighted by Crippen LogP contribution is -2.08. The summed E-state index contributed by atoms with van der Waals surface area (Å²) in [5.74, 6) is 5.66. The third-order valence-corrected chi connectivity index (χ3v) is 1.63. The van der Waals surface area contributed by atoms with Crippen molar-refractivity contribution in [3.05, 3.63) is 12.1 Å². The predicted molar refractivity (Wildman–Crippen MR) is 41.6 cm³/mol. The summed E-state index contributed by atoms with van der Waals surface area (Å²) < 4.78 is 0. The Morgan fingerprint density at radius 3 is 2.70 bits per heavy atom. The molecule has 0 radical (unpaired) electrons. The van der Waals surface area contributed by atoms with E-state index in [1.165, 1.54) is 0 Å². The fourth-order valence-corrected chi connectivity index (χ4v) is 0.832. The first-order valence-electron chi connectivity index (χ1n) is 2.71. The molecule has 0 fully saturated rings. The molecule has 1 heterocycles. The Morgan fingerprint density at radius 2 is 2.30 bits per heavy atom. The molecule has 0 saturated carbocycles. The van der Waals surface area contributed by atoms with Gasteiger partial charge in [-0.3, -0.25) is 0 Å². The molecule has 54 valence electrons. The molecule has 3 N–H and O–H groups in total. The third kappa shape index (κ3) is 1.58. The fourth-order valence-electron chi connectivity index (χ4n) is 0.506. The van der Waals surface area contributed by atoms with Gasteiger partial charge in [-0.25, -0.2) is 5.84 Å². The molecule has 0 atom stereocenters. The second-order valence-corrected chi connectivity index (χ2v) is 2.43. The molecule has 4 nitrogen and oxygen atoms in total. The minimum absolute atomic E-state index is 0.581. The van der Waals surface area contributed by atoms with Crippen LogP contribution in [-0.2, 0) is 0 Å². The van der Waals surface area contributed by atoms with Gasteiger partial charge >= 0.3 is 0 Å². The Bertz CT molecular complexity index is 174. The number of nitrogens with zero attached hydrogens (tertiary/aromatic N) is 2. The van der Waals surface area contributed by atoms with Crippen molar-refractivity contribution in [1.82, 2.24) is 10.2 Å². The van der Waals surface area contributed by atoms with Gasteiger partial charge < -0.3 is 5.43 Å². The molecule has 0 spiro atoms. The molecule has 0 bridgehead atoms. The smallest absolute Gasteiger partial charge is 0.162 e. The summed E-state index contributed by atoms with van der Waals surface area (Å²) in [6, 6.07) is 3.63. The number of anilines is 1. The van der Waals surface area contributed by atoms with Gasteiger partial charge in [0, 0.05) is 0 Å². The highest BCUT2D eigenvalue weighted by Crippen LogP contribution is 2.09. The lowest BCUT2D eigenvalue weighted by atomic mass is 10.5. The van der Waals surface area contributed by atoms with Gasteiger partial charge in [0.2, 0.25) is 0 Å². The van der Waals surface area contributed by atoms with Crippen molar-refractivity contribution in [2.45, 2.75) is 5.03 Å². The number of thioether (sulfide) groups is 1. The average molecular weight is 156 g/mol. The summed E-state index contributed by atoms with van der Waals surface area (Å²) in [7, 11) is 0. The molecular weight excluding hydrogens is 148 g/mol. The molecule has 0 aromatic carbocycles. The van der Waals surface area contributed by atoms with Crippen LogP contribution in [0.3, 0.4) is 0 Å². The number of nitrogens with one attached hydrogen (secondary N) is 1. The standard InChI is InChI=1S/C5H8N4S/c1-10-5-3-2-4(7-6)8-9-5/h2-3H,6H2,1H3,(H,7,8). The zero-order chi connectivity index (χ0) is 7.40. The van der Waals surface area contributed by atoms with Gasteiger partial charge in [-0.2, -0.15) is 0 Å². The Balaban J connectivity index is 2.80. The van der Waals surface area contributed by atoms with Crippen molar-refractivity contribution in [3.8, 4) is 0 Å². The lowest BCUT2D eigenvalue weighted by molar-refractivity contribution is 0.929. The van der Waals surface area contributed by atoms with Crippen LogP contribution in [-0.4, -0.2) is 16.5 Å². The minimum Gasteiger partial charge on any atom is -0.307 e. The molecule has 10 heavy (non-hydrogen) atoms. The monoisotopic (exact) mass is 156 g/mol. The molecule has 0 unspecified atom stereocenters. The van der Waals surface area contributed by atoms with Crippen LogP contribution in [0.4, 0.5) is 5.82 Å². The van der Waals surface area contributed by atoms with Crippen molar-refractivity contribution in [3.63, 3.8) is 0 Å². The first-order valence-corrected chi connectivity index (χ1v) is 3.93. The number of nitrogens with two attached hydrogens (primary N) is 1. The molecule has 0 aliphatic heterocycles. The largest absolute Gasteiger partial charge is 0.307 e. The maximum absolute atomic E-state index is 5.08. The summed E-state index contributed by atoms with van der Waals surface area (Å²) in [4.78, 5) is 0. The van der Waals surface area contributed by atoms with Crippen LogP contribution in [0.15, 0.2) is 17.2 Å². The maximum atomic E-state index is 5.08. The number of hydrogen-bond acceptors (Lipinski definition) is 5. The summed E-state index contributed by atoms with van der Waals surface area (Å²) in [5, 5.41) is 8.49. The van der Waals surface area contributed by atoms with Crippen LogP contribution in [0.2, 0.25) is 0 Å². The number of aromatic nitrogens is 2. The topological polar surface area (TPSA) is 63.8 Å². The molecule has 5 heteroatoms. The van der Waals surface area contributed by atoms with Crippen molar-refractivity contribution in [1.29, 1.82) is 0 Å². The van der Waals surface area contributed by atoms with Crippen LogP contribution in [0, 0.1) is 0 Å². The highest BCUT2D eigenvalue weighted by Gasteiger charge is 1.91. The van der Waals surface area contributed by atoms with Gasteiger partial charge in [-0.15, -0.1) is 22.0 Å². The van der Waals surface area contributed by atoms with Gasteiger partial charge in [0.1, 0.15) is 5.03 Å². The minimum atomic E-state index is 0.581. The van der Waals surface area contributed by atoms with E-state index in [9.17, 15) is 0 Å². The normalized spacial score (nSPS) is 9.40. The Labute approximate surface area is 63.2 Å². The van der Waals surface area contributed by atoms with Gasteiger partial charge in [0.15, 0.2) is 5.82 Å². The summed E-state index contributed by atoms with van der Waals surface area (Å²) >= 11 is 1.55. The predicted octanol–water partition coefficient (Wildman–Crippen LogP) is 0.484. The number of hydrogen-bond donors (Lipinski definition) is 2. The number of hydrazine groups is 1. The van der Waals surface area contributed by atoms with E-state index in [-0.39, 0.29) is 0 Å². The van der Waals surface area contributed by atoms with E-state index in [0.29, 0.717) is 5.82 Å². The molecule has 0 aliphatic rings. The molecule has 0 saturated heterocycles. The summed E-state index contributed by atoms with van der Waals surface area (Å²) in [6.07, 6.45) is 1.94. The molecular formula is C5H8N4S. The van der Waals surface area contributed by atoms with Crippen LogP contribution < -0.4 is 11.3 Å². The highest BCUT2D eigenvalue weighted by molar-refractivity contribution is 7.98. The lowest BCUT2D eigenvalue weighted by Gasteiger charge is -1.96. The first-order chi connectivity index (χ1) is 4.86. The Hall–Kier alpha value is -0.810. The molecule has 1 aromatic heterocycles. The third-order valence-electron chi connectivity index (χ3n) is 0.997. The van der Waals surface area contributed by atoms with Crippen molar-refractivity contribution in [2.24, 2.45) is 5.84 Å². The molecule has 0 amide bonds. The van der Waals surface area contributed by atoms with Gasteiger partial charge in [-0.05, 0) is 18.4 Å². The van der Waals surface area contributed by atoms with E-state index in [4.69, 9.17) is 5.84 Å². The van der Waals surface area contributed by atoms with Crippen LogP contribution >= 0.6 is 11.8 Å². The van der Waals surface area contributed by atoms with E-state index in [1.54, 1.807) is 17.8 Å². The zero-order valence-electron chi connectivity index (χ0n) is 5.53. The van der Waals surface area contributed by atoms with E-state index in [2.05, 4.69) is 15.6 Å². The van der Waals surface area contributed by atoms with E-state index < -0.39 is 0 Å². The van der Waals surface area contributed by atoms with Crippen molar-refractivity contribution >= 4 is 17.6 Å². The van der Waals surface area contributed by atoms with Gasteiger partial charge in [0.25, 0.3) is 0 Å². The highest BCUT2D eigenvalue weighted by atomic mass is 32.2. The zero-order valence-corrected chi connectivity index (χ0v) is 6.35. The maximum Gasteiger partial charge on any atom is 0.162 e. The van der Waals surface area contributed by atoms with E-state index in [0.717, 1.165) is 5.03 Å². The summed E-state index contributed by atoms with van der Waals surface area (Å²) in [5.41, 5.74) is 2.40.